The molecule has 0 aromatic heterocycles. The number of rotatable bonds is 13. The molecule has 0 aliphatic carbocycles. The second kappa shape index (κ2) is 13.7. The van der Waals surface area contributed by atoms with Crippen molar-refractivity contribution in [1.29, 1.82) is 0 Å². The van der Waals surface area contributed by atoms with Gasteiger partial charge in [0.15, 0.2) is 0 Å². The molecule has 0 saturated heterocycles. The van der Waals surface area contributed by atoms with Gasteiger partial charge in [0.1, 0.15) is 13.2 Å². The fourth-order valence-electron chi connectivity index (χ4n) is 2.62. The number of hydrogen-bond donors (Lipinski definition) is 3. The minimum atomic E-state index is -4.42. The van der Waals surface area contributed by atoms with Crippen molar-refractivity contribution < 1.29 is 24.0 Å². The van der Waals surface area contributed by atoms with Crippen LogP contribution in [0.3, 0.4) is 0 Å². The molecule has 2 atom stereocenters. The quantitative estimate of drug-likeness (QED) is 0.211. The third-order valence-corrected chi connectivity index (χ3v) is 8.52. The Morgan fingerprint density at radius 1 is 0.962 bits per heavy atom. The maximum atomic E-state index is 11.6. The first kappa shape index (κ1) is 25.6. The molecule has 0 aliphatic rings. The SMILES string of the molecule is CC(C)=CCC/C(C)=C/CC/C(C)=C/CCCC([PH](=O)CO)P(=O)(O)O. The Morgan fingerprint density at radius 2 is 1.46 bits per heavy atom. The predicted molar refractivity (Wildman–Crippen MR) is 111 cm³/mol. The molecule has 5 nitrogen and oxygen atoms in total. The molecule has 0 saturated carbocycles. The fourth-order valence-corrected chi connectivity index (χ4v) is 5.62. The minimum Gasteiger partial charge on any atom is -0.389 e. The van der Waals surface area contributed by atoms with Gasteiger partial charge >= 0.3 is 7.60 Å². The van der Waals surface area contributed by atoms with Gasteiger partial charge in [0.2, 0.25) is 0 Å². The summed E-state index contributed by atoms with van der Waals surface area (Å²) in [7, 11) is -7.07. The van der Waals surface area contributed by atoms with Crippen molar-refractivity contribution in [2.24, 2.45) is 0 Å². The van der Waals surface area contributed by atoms with Gasteiger partial charge in [-0.1, -0.05) is 34.9 Å². The summed E-state index contributed by atoms with van der Waals surface area (Å²) in [4.78, 5) is 18.5. The van der Waals surface area contributed by atoms with E-state index in [9.17, 15) is 18.9 Å². The number of hydrogen-bond acceptors (Lipinski definition) is 3. The Balaban J connectivity index is 4.23. The van der Waals surface area contributed by atoms with Crippen LogP contribution < -0.4 is 0 Å². The van der Waals surface area contributed by atoms with Crippen LogP contribution in [0.15, 0.2) is 34.9 Å². The Labute approximate surface area is 159 Å². The molecule has 0 aromatic carbocycles. The van der Waals surface area contributed by atoms with Crippen LogP contribution >= 0.6 is 15.4 Å². The smallest absolute Gasteiger partial charge is 0.335 e. The number of allylic oxidation sites excluding steroid dienone is 6. The van der Waals surface area contributed by atoms with Crippen LogP contribution in [0, 0.1) is 0 Å². The van der Waals surface area contributed by atoms with Crippen LogP contribution in [0.2, 0.25) is 0 Å². The Hall–Kier alpha value is -0.440. The largest absolute Gasteiger partial charge is 0.389 e. The highest BCUT2D eigenvalue weighted by molar-refractivity contribution is 7.67. The molecule has 2 unspecified atom stereocenters. The van der Waals surface area contributed by atoms with Gasteiger partial charge in [0, 0.05) is 0 Å². The Morgan fingerprint density at radius 3 is 1.92 bits per heavy atom. The van der Waals surface area contributed by atoms with E-state index in [1.165, 1.54) is 16.7 Å². The molecule has 0 radical (unpaired) electrons. The van der Waals surface area contributed by atoms with Crippen molar-refractivity contribution in [3.8, 4) is 0 Å². The highest BCUT2D eigenvalue weighted by Crippen LogP contribution is 2.55. The maximum absolute atomic E-state index is 11.6. The van der Waals surface area contributed by atoms with Gasteiger partial charge in [0.05, 0.1) is 6.35 Å². The lowest BCUT2D eigenvalue weighted by Crippen LogP contribution is -2.05. The molecule has 152 valence electrons. The molecule has 0 rings (SSSR count). The second-order valence-electron chi connectivity index (χ2n) is 7.12. The maximum Gasteiger partial charge on any atom is 0.335 e. The van der Waals surface area contributed by atoms with E-state index in [4.69, 9.17) is 5.11 Å². The van der Waals surface area contributed by atoms with Crippen molar-refractivity contribution in [1.82, 2.24) is 0 Å². The van der Waals surface area contributed by atoms with Gasteiger partial charge in [-0.15, -0.1) is 0 Å². The monoisotopic (exact) mass is 406 g/mol. The van der Waals surface area contributed by atoms with Crippen molar-refractivity contribution in [3.05, 3.63) is 34.9 Å². The van der Waals surface area contributed by atoms with Crippen molar-refractivity contribution in [2.75, 3.05) is 6.35 Å². The third-order valence-electron chi connectivity index (χ3n) is 4.23. The average Bonchev–Trinajstić information content (AvgIpc) is 2.52. The zero-order valence-corrected chi connectivity index (χ0v) is 18.5. The van der Waals surface area contributed by atoms with E-state index in [0.717, 1.165) is 25.7 Å². The molecule has 0 amide bonds. The van der Waals surface area contributed by atoms with Gasteiger partial charge in [-0.3, -0.25) is 4.57 Å². The highest BCUT2D eigenvalue weighted by Gasteiger charge is 2.32. The summed E-state index contributed by atoms with van der Waals surface area (Å²) < 4.78 is 23.0. The Kier molecular flexibility index (Phi) is 13.5. The normalized spacial score (nSPS) is 15.7. The molecular formula is C19H36O5P2. The van der Waals surface area contributed by atoms with Crippen LogP contribution in [-0.2, 0) is 9.13 Å². The van der Waals surface area contributed by atoms with Crippen molar-refractivity contribution >= 4 is 15.4 Å². The molecule has 0 heterocycles. The van der Waals surface area contributed by atoms with E-state index >= 15 is 0 Å². The molecular weight excluding hydrogens is 370 g/mol. The van der Waals surface area contributed by atoms with Crippen LogP contribution in [0.4, 0.5) is 0 Å². The lowest BCUT2D eigenvalue weighted by Gasteiger charge is -2.16. The first-order chi connectivity index (χ1) is 12.1. The topological polar surface area (TPSA) is 94.8 Å². The summed E-state index contributed by atoms with van der Waals surface area (Å²) in [6, 6.07) is 0. The number of aliphatic hydroxyl groups excluding tert-OH is 1. The van der Waals surface area contributed by atoms with Crippen molar-refractivity contribution in [2.45, 2.75) is 78.0 Å². The van der Waals surface area contributed by atoms with E-state index in [2.05, 4.69) is 45.9 Å². The number of unbranched alkanes of at least 4 members (excludes halogenated alkanes) is 1. The second-order valence-corrected chi connectivity index (χ2v) is 11.4. The van der Waals surface area contributed by atoms with E-state index in [1.807, 2.05) is 0 Å². The van der Waals surface area contributed by atoms with Gasteiger partial charge in [0.25, 0.3) is 0 Å². The first-order valence-electron chi connectivity index (χ1n) is 9.21. The average molecular weight is 406 g/mol. The zero-order chi connectivity index (χ0) is 20.2. The lowest BCUT2D eigenvalue weighted by atomic mass is 10.1. The summed E-state index contributed by atoms with van der Waals surface area (Å²) in [6.45, 7) is 8.43. The van der Waals surface area contributed by atoms with E-state index in [1.54, 1.807) is 0 Å². The van der Waals surface area contributed by atoms with Crippen molar-refractivity contribution in [3.63, 3.8) is 0 Å². The summed E-state index contributed by atoms with van der Waals surface area (Å²) in [5.41, 5.74) is 4.00. The lowest BCUT2D eigenvalue weighted by molar-refractivity contribution is 0.350. The standard InChI is InChI=1S/C19H36O5P2/c1-16(2)9-7-11-18(4)13-8-12-17(3)10-5-6-14-19(25(21)15-20)26(22,23)24/h9-10,13,19-20,25H,5-8,11-12,14-15H2,1-4H3,(H2,22,23,24)/b17-10+,18-13+. The van der Waals surface area contributed by atoms with E-state index in [0.29, 0.717) is 12.8 Å². The molecule has 3 N–H and O–H groups in total. The van der Waals surface area contributed by atoms with Gasteiger partial charge < -0.3 is 19.5 Å². The predicted octanol–water partition coefficient (Wildman–Crippen LogP) is 5.59. The molecule has 0 aromatic rings. The highest BCUT2D eigenvalue weighted by atomic mass is 31.2. The van der Waals surface area contributed by atoms with Gasteiger partial charge in [-0.25, -0.2) is 0 Å². The molecule has 0 spiro atoms. The summed E-state index contributed by atoms with van der Waals surface area (Å²) in [5.74, 6) is 0. The Bertz CT molecular complexity index is 568. The summed E-state index contributed by atoms with van der Waals surface area (Å²) in [6.07, 6.45) is 11.5. The summed E-state index contributed by atoms with van der Waals surface area (Å²) >= 11 is 0. The number of aliphatic hydroxyl groups is 1. The summed E-state index contributed by atoms with van der Waals surface area (Å²) in [5, 5.41) is 7.71. The van der Waals surface area contributed by atoms with E-state index < -0.39 is 27.1 Å². The van der Waals surface area contributed by atoms with Crippen LogP contribution in [-0.4, -0.2) is 26.6 Å². The minimum absolute atomic E-state index is 0.176. The first-order valence-corrected chi connectivity index (χ1v) is 12.6. The fraction of sp³-hybridized carbons (Fsp3) is 0.684. The van der Waals surface area contributed by atoms with E-state index in [-0.39, 0.29) is 6.42 Å². The van der Waals surface area contributed by atoms with Gasteiger partial charge in [-0.05, 0) is 72.6 Å². The third kappa shape index (κ3) is 12.8. The molecule has 26 heavy (non-hydrogen) atoms. The molecule has 0 fully saturated rings. The van der Waals surface area contributed by atoms with Crippen LogP contribution in [0.1, 0.15) is 72.6 Å². The van der Waals surface area contributed by atoms with Gasteiger partial charge in [-0.2, -0.15) is 0 Å². The molecule has 7 heteroatoms. The van der Waals surface area contributed by atoms with Crippen LogP contribution in [0.25, 0.3) is 0 Å². The zero-order valence-electron chi connectivity index (χ0n) is 16.6. The van der Waals surface area contributed by atoms with Crippen LogP contribution in [0.5, 0.6) is 0 Å². The molecule has 0 bridgehead atoms. The molecule has 0 aliphatic heterocycles.